The molecule has 0 aromatic heterocycles. The van der Waals surface area contributed by atoms with Gasteiger partial charge in [0.25, 0.3) is 5.09 Å². The fourth-order valence-corrected chi connectivity index (χ4v) is 1.60. The number of nitrogens with zero attached hydrogens (tertiary/aromatic N) is 1. The average Bonchev–Trinajstić information content (AvgIpc) is 2.31. The van der Waals surface area contributed by atoms with E-state index in [1.165, 1.54) is 18.4 Å². The van der Waals surface area contributed by atoms with Crippen molar-refractivity contribution in [2.75, 3.05) is 6.54 Å². The van der Waals surface area contributed by atoms with E-state index in [1.807, 2.05) is 0 Å². The highest BCUT2D eigenvalue weighted by Crippen LogP contribution is 2.18. The van der Waals surface area contributed by atoms with Crippen LogP contribution in [0.5, 0.6) is 0 Å². The summed E-state index contributed by atoms with van der Waals surface area (Å²) >= 11 is 0. The van der Waals surface area contributed by atoms with E-state index in [0.29, 0.717) is 6.04 Å². The molecule has 6 heteroatoms. The summed E-state index contributed by atoms with van der Waals surface area (Å²) in [6.07, 6.45) is 2.49. The van der Waals surface area contributed by atoms with Crippen molar-refractivity contribution in [3.63, 3.8) is 0 Å². The van der Waals surface area contributed by atoms with E-state index in [9.17, 15) is 0 Å². The Kier molecular flexibility index (Phi) is 5.24. The maximum Gasteiger partial charge on any atom is 0.291 e. The molecule has 1 saturated heterocycles. The summed E-state index contributed by atoms with van der Waals surface area (Å²) < 4.78 is 0. The Balaban J connectivity index is 0.000000280. The SMILES string of the molecule is O=[N+]([O-])O.c1ccc(C2CCCNN2)cc1. The fraction of sp³-hybridized carbons (Fsp3) is 0.400. The molecule has 1 heterocycles. The van der Waals surface area contributed by atoms with Crippen LogP contribution in [0.25, 0.3) is 0 Å². The van der Waals surface area contributed by atoms with E-state index in [1.54, 1.807) is 0 Å². The van der Waals surface area contributed by atoms with Crippen molar-refractivity contribution in [1.82, 2.24) is 10.9 Å². The monoisotopic (exact) mass is 225 g/mol. The van der Waals surface area contributed by atoms with Gasteiger partial charge in [0.05, 0.1) is 0 Å². The molecule has 0 bridgehead atoms. The Labute approximate surface area is 93.4 Å². The first kappa shape index (κ1) is 12.4. The standard InChI is InChI=1S/C10H14N2.HNO3/c1-2-5-9(6-3-1)10-7-4-8-11-12-10;2-1(3)4/h1-3,5-6,10-12H,4,7-8H2;(H,2,3,4). The van der Waals surface area contributed by atoms with Crippen molar-refractivity contribution in [1.29, 1.82) is 0 Å². The van der Waals surface area contributed by atoms with Crippen LogP contribution in [-0.4, -0.2) is 16.8 Å². The Bertz CT molecular complexity index is 308. The van der Waals surface area contributed by atoms with Gasteiger partial charge < -0.3 is 5.21 Å². The zero-order valence-electron chi connectivity index (χ0n) is 8.80. The Morgan fingerprint density at radius 1 is 1.38 bits per heavy atom. The molecular weight excluding hydrogens is 210 g/mol. The van der Waals surface area contributed by atoms with Crippen molar-refractivity contribution in [3.8, 4) is 0 Å². The summed E-state index contributed by atoms with van der Waals surface area (Å²) in [6.45, 7) is 1.09. The van der Waals surface area contributed by atoms with Crippen LogP contribution in [0.2, 0.25) is 0 Å². The van der Waals surface area contributed by atoms with Gasteiger partial charge in [-0.1, -0.05) is 30.3 Å². The van der Waals surface area contributed by atoms with Gasteiger partial charge in [-0.3, -0.25) is 10.9 Å². The minimum atomic E-state index is -1.50. The molecule has 0 radical (unpaired) electrons. The minimum Gasteiger partial charge on any atom is -0.328 e. The van der Waals surface area contributed by atoms with Gasteiger partial charge in [-0.05, 0) is 18.4 Å². The predicted molar refractivity (Wildman–Crippen MR) is 58.3 cm³/mol. The molecule has 6 nitrogen and oxygen atoms in total. The van der Waals surface area contributed by atoms with Gasteiger partial charge in [-0.2, -0.15) is 0 Å². The van der Waals surface area contributed by atoms with E-state index >= 15 is 0 Å². The molecule has 0 amide bonds. The Morgan fingerprint density at radius 3 is 2.50 bits per heavy atom. The summed E-state index contributed by atoms with van der Waals surface area (Å²) in [5, 5.41) is 13.6. The normalized spacial score (nSPS) is 19.4. The van der Waals surface area contributed by atoms with E-state index in [-0.39, 0.29) is 0 Å². The number of rotatable bonds is 1. The molecule has 0 saturated carbocycles. The molecule has 0 aliphatic carbocycles. The van der Waals surface area contributed by atoms with Crippen molar-refractivity contribution in [2.24, 2.45) is 0 Å². The highest BCUT2D eigenvalue weighted by molar-refractivity contribution is 5.18. The van der Waals surface area contributed by atoms with Crippen LogP contribution in [0, 0.1) is 10.1 Å². The van der Waals surface area contributed by atoms with Gasteiger partial charge in [-0.25, -0.2) is 0 Å². The summed E-state index contributed by atoms with van der Waals surface area (Å²) in [6, 6.07) is 11.1. The lowest BCUT2D eigenvalue weighted by molar-refractivity contribution is -0.742. The van der Waals surface area contributed by atoms with E-state index < -0.39 is 5.09 Å². The molecule has 1 aliphatic heterocycles. The fourth-order valence-electron chi connectivity index (χ4n) is 1.60. The maximum atomic E-state index is 8.36. The minimum absolute atomic E-state index is 0.500. The zero-order chi connectivity index (χ0) is 11.8. The third-order valence-electron chi connectivity index (χ3n) is 2.27. The number of hydrogen-bond acceptors (Lipinski definition) is 4. The lowest BCUT2D eigenvalue weighted by Crippen LogP contribution is -2.40. The average molecular weight is 225 g/mol. The maximum absolute atomic E-state index is 8.36. The first-order valence-corrected chi connectivity index (χ1v) is 5.06. The Hall–Kier alpha value is -1.66. The molecule has 1 fully saturated rings. The highest BCUT2D eigenvalue weighted by Gasteiger charge is 2.12. The lowest BCUT2D eigenvalue weighted by atomic mass is 10.0. The molecule has 3 N–H and O–H groups in total. The Morgan fingerprint density at radius 2 is 2.00 bits per heavy atom. The van der Waals surface area contributed by atoms with Crippen LogP contribution in [0.1, 0.15) is 24.4 Å². The van der Waals surface area contributed by atoms with Gasteiger partial charge >= 0.3 is 0 Å². The van der Waals surface area contributed by atoms with Crippen LogP contribution < -0.4 is 10.9 Å². The van der Waals surface area contributed by atoms with Gasteiger partial charge in [0, 0.05) is 12.6 Å². The summed E-state index contributed by atoms with van der Waals surface area (Å²) in [5.41, 5.74) is 7.85. The summed E-state index contributed by atoms with van der Waals surface area (Å²) in [4.78, 5) is 8.36. The second kappa shape index (κ2) is 6.76. The van der Waals surface area contributed by atoms with Crippen LogP contribution in [0.15, 0.2) is 30.3 Å². The number of benzene rings is 1. The predicted octanol–water partition coefficient (Wildman–Crippen LogP) is 1.27. The molecule has 1 aromatic carbocycles. The number of nitrogens with one attached hydrogen (secondary N) is 2. The molecular formula is C10H15N3O3. The van der Waals surface area contributed by atoms with Gasteiger partial charge in [0.1, 0.15) is 0 Å². The molecule has 88 valence electrons. The van der Waals surface area contributed by atoms with E-state index in [4.69, 9.17) is 15.3 Å². The first-order chi connectivity index (χ1) is 7.70. The van der Waals surface area contributed by atoms with E-state index in [0.717, 1.165) is 6.54 Å². The number of hydrazine groups is 1. The molecule has 1 aliphatic rings. The van der Waals surface area contributed by atoms with Gasteiger partial charge in [-0.15, -0.1) is 10.1 Å². The third-order valence-corrected chi connectivity index (χ3v) is 2.27. The van der Waals surface area contributed by atoms with Gasteiger partial charge in [0.15, 0.2) is 0 Å². The highest BCUT2D eigenvalue weighted by atomic mass is 16.9. The van der Waals surface area contributed by atoms with Crippen molar-refractivity contribution in [2.45, 2.75) is 18.9 Å². The van der Waals surface area contributed by atoms with Crippen LogP contribution in [0.3, 0.4) is 0 Å². The van der Waals surface area contributed by atoms with Crippen molar-refractivity contribution >= 4 is 0 Å². The van der Waals surface area contributed by atoms with E-state index in [2.05, 4.69) is 41.2 Å². The topological polar surface area (TPSA) is 87.4 Å². The van der Waals surface area contributed by atoms with Crippen LogP contribution >= 0.6 is 0 Å². The van der Waals surface area contributed by atoms with Crippen molar-refractivity contribution < 1.29 is 10.3 Å². The number of hydrogen-bond donors (Lipinski definition) is 3. The summed E-state index contributed by atoms with van der Waals surface area (Å²) in [5.74, 6) is 0. The second-order valence-electron chi connectivity index (χ2n) is 3.41. The zero-order valence-corrected chi connectivity index (χ0v) is 8.80. The molecule has 2 rings (SSSR count). The second-order valence-corrected chi connectivity index (χ2v) is 3.41. The summed E-state index contributed by atoms with van der Waals surface area (Å²) in [7, 11) is 0. The third kappa shape index (κ3) is 4.72. The molecule has 1 unspecified atom stereocenters. The molecule has 16 heavy (non-hydrogen) atoms. The molecule has 1 aromatic rings. The smallest absolute Gasteiger partial charge is 0.291 e. The van der Waals surface area contributed by atoms with Crippen LogP contribution in [0.4, 0.5) is 0 Å². The van der Waals surface area contributed by atoms with Crippen LogP contribution in [-0.2, 0) is 0 Å². The molecule has 0 spiro atoms. The largest absolute Gasteiger partial charge is 0.328 e. The first-order valence-electron chi connectivity index (χ1n) is 5.06. The van der Waals surface area contributed by atoms with Crippen molar-refractivity contribution in [3.05, 3.63) is 46.0 Å². The molecule has 1 atom stereocenters. The van der Waals surface area contributed by atoms with Gasteiger partial charge in [0.2, 0.25) is 0 Å². The quantitative estimate of drug-likeness (QED) is 0.495. The lowest BCUT2D eigenvalue weighted by Gasteiger charge is -2.24.